The van der Waals surface area contributed by atoms with E-state index in [1.807, 2.05) is 6.07 Å². The lowest BCUT2D eigenvalue weighted by molar-refractivity contribution is 0.412. The smallest absolute Gasteiger partial charge is 0.347 e. The standard InChI is InChI=1S/C12H10N4O3/c1-19-9-5-3-2-4-8(9)15-6-7-16-10(11(15)17)13-14-12(16)18/h2-7H,1H3,(H,14,18). The lowest BCUT2D eigenvalue weighted by Crippen LogP contribution is -2.22. The van der Waals surface area contributed by atoms with Gasteiger partial charge in [0.1, 0.15) is 5.75 Å². The van der Waals surface area contributed by atoms with E-state index in [1.165, 1.54) is 24.1 Å². The molecule has 0 aliphatic heterocycles. The summed E-state index contributed by atoms with van der Waals surface area (Å²) in [4.78, 5) is 23.6. The first kappa shape index (κ1) is 11.3. The summed E-state index contributed by atoms with van der Waals surface area (Å²) >= 11 is 0. The molecule has 0 amide bonds. The molecule has 2 heterocycles. The maximum absolute atomic E-state index is 12.3. The number of para-hydroxylation sites is 2. The molecule has 7 nitrogen and oxygen atoms in total. The molecule has 7 heteroatoms. The van der Waals surface area contributed by atoms with Crippen molar-refractivity contribution in [2.24, 2.45) is 0 Å². The van der Waals surface area contributed by atoms with E-state index in [9.17, 15) is 9.59 Å². The highest BCUT2D eigenvalue weighted by atomic mass is 16.5. The monoisotopic (exact) mass is 258 g/mol. The van der Waals surface area contributed by atoms with Crippen LogP contribution in [0.5, 0.6) is 5.75 Å². The van der Waals surface area contributed by atoms with Crippen molar-refractivity contribution in [2.75, 3.05) is 7.11 Å². The van der Waals surface area contributed by atoms with Crippen molar-refractivity contribution in [3.05, 3.63) is 57.5 Å². The molecule has 0 spiro atoms. The van der Waals surface area contributed by atoms with Crippen LogP contribution in [0, 0.1) is 0 Å². The lowest BCUT2D eigenvalue weighted by atomic mass is 10.3. The van der Waals surface area contributed by atoms with E-state index in [0.717, 1.165) is 4.40 Å². The van der Waals surface area contributed by atoms with Crippen molar-refractivity contribution >= 4 is 5.65 Å². The molecule has 96 valence electrons. The van der Waals surface area contributed by atoms with E-state index in [-0.39, 0.29) is 5.65 Å². The van der Waals surface area contributed by atoms with Crippen LogP contribution in [0.2, 0.25) is 0 Å². The van der Waals surface area contributed by atoms with Crippen LogP contribution in [0.25, 0.3) is 11.3 Å². The van der Waals surface area contributed by atoms with Gasteiger partial charge in [-0.3, -0.25) is 9.36 Å². The molecule has 0 radical (unpaired) electrons. The van der Waals surface area contributed by atoms with Crippen molar-refractivity contribution in [2.45, 2.75) is 0 Å². The Kier molecular flexibility index (Phi) is 2.45. The van der Waals surface area contributed by atoms with E-state index < -0.39 is 11.2 Å². The fourth-order valence-electron chi connectivity index (χ4n) is 1.92. The van der Waals surface area contributed by atoms with Gasteiger partial charge in [0.15, 0.2) is 0 Å². The maximum Gasteiger partial charge on any atom is 0.347 e. The molecule has 0 fully saturated rings. The Balaban J connectivity index is 2.35. The first-order chi connectivity index (χ1) is 9.22. The second-order valence-electron chi connectivity index (χ2n) is 3.87. The second kappa shape index (κ2) is 4.13. The highest BCUT2D eigenvalue weighted by Crippen LogP contribution is 2.20. The van der Waals surface area contributed by atoms with Crippen molar-refractivity contribution in [1.82, 2.24) is 19.2 Å². The Labute approximate surface area is 106 Å². The summed E-state index contributed by atoms with van der Waals surface area (Å²) < 4.78 is 7.76. The van der Waals surface area contributed by atoms with Gasteiger partial charge in [0.05, 0.1) is 12.8 Å². The summed E-state index contributed by atoms with van der Waals surface area (Å²) in [5.74, 6) is 0.562. The number of aromatic amines is 1. The van der Waals surface area contributed by atoms with Gasteiger partial charge in [0.25, 0.3) is 0 Å². The van der Waals surface area contributed by atoms with Crippen LogP contribution >= 0.6 is 0 Å². The van der Waals surface area contributed by atoms with Crippen LogP contribution in [0.4, 0.5) is 0 Å². The van der Waals surface area contributed by atoms with E-state index in [1.54, 1.807) is 18.2 Å². The molecule has 0 aliphatic carbocycles. The summed E-state index contributed by atoms with van der Waals surface area (Å²) in [6, 6.07) is 7.11. The fourth-order valence-corrected chi connectivity index (χ4v) is 1.92. The van der Waals surface area contributed by atoms with Gasteiger partial charge >= 0.3 is 11.2 Å². The van der Waals surface area contributed by atoms with Crippen molar-refractivity contribution in [1.29, 1.82) is 0 Å². The molecule has 0 saturated carbocycles. The van der Waals surface area contributed by atoms with Crippen LogP contribution < -0.4 is 16.0 Å². The number of fused-ring (bicyclic) bond motifs is 1. The molecule has 19 heavy (non-hydrogen) atoms. The first-order valence-electron chi connectivity index (χ1n) is 5.54. The molecule has 3 rings (SSSR count). The number of hydrogen-bond acceptors (Lipinski definition) is 4. The topological polar surface area (TPSA) is 81.4 Å². The number of nitrogens with one attached hydrogen (secondary N) is 1. The molecular formula is C12H10N4O3. The number of ether oxygens (including phenoxy) is 1. The highest BCUT2D eigenvalue weighted by molar-refractivity contribution is 5.48. The Morgan fingerprint density at radius 3 is 2.79 bits per heavy atom. The molecule has 0 bridgehead atoms. The minimum absolute atomic E-state index is 0.0402. The van der Waals surface area contributed by atoms with Crippen LogP contribution in [-0.4, -0.2) is 26.3 Å². The molecule has 3 aromatic rings. The fraction of sp³-hybridized carbons (Fsp3) is 0.0833. The van der Waals surface area contributed by atoms with Gasteiger partial charge in [-0.1, -0.05) is 12.1 Å². The van der Waals surface area contributed by atoms with Gasteiger partial charge in [-0.15, -0.1) is 5.10 Å². The minimum Gasteiger partial charge on any atom is -0.495 e. The van der Waals surface area contributed by atoms with Gasteiger partial charge in [0, 0.05) is 12.4 Å². The lowest BCUT2D eigenvalue weighted by Gasteiger charge is -2.10. The number of nitrogens with zero attached hydrogens (tertiary/aromatic N) is 3. The zero-order valence-corrected chi connectivity index (χ0v) is 10.0. The van der Waals surface area contributed by atoms with Crippen molar-refractivity contribution in [3.63, 3.8) is 0 Å². The Hall–Kier alpha value is -2.83. The highest BCUT2D eigenvalue weighted by Gasteiger charge is 2.11. The number of rotatable bonds is 2. The molecule has 0 unspecified atom stereocenters. The third-order valence-electron chi connectivity index (χ3n) is 2.82. The number of benzene rings is 1. The largest absolute Gasteiger partial charge is 0.495 e. The third-order valence-corrected chi connectivity index (χ3v) is 2.82. The molecule has 0 saturated heterocycles. The Morgan fingerprint density at radius 2 is 2.00 bits per heavy atom. The van der Waals surface area contributed by atoms with Gasteiger partial charge in [-0.05, 0) is 12.1 Å². The second-order valence-corrected chi connectivity index (χ2v) is 3.87. The summed E-state index contributed by atoms with van der Waals surface area (Å²) in [5.41, 5.74) is -0.212. The summed E-state index contributed by atoms with van der Waals surface area (Å²) in [7, 11) is 1.53. The van der Waals surface area contributed by atoms with Crippen LogP contribution in [-0.2, 0) is 0 Å². The van der Waals surface area contributed by atoms with Crippen LogP contribution in [0.3, 0.4) is 0 Å². The van der Waals surface area contributed by atoms with E-state index in [0.29, 0.717) is 11.4 Å². The van der Waals surface area contributed by atoms with Crippen LogP contribution in [0.1, 0.15) is 0 Å². The van der Waals surface area contributed by atoms with Crippen LogP contribution in [0.15, 0.2) is 46.2 Å². The van der Waals surface area contributed by atoms with Gasteiger partial charge in [-0.2, -0.15) is 0 Å². The quantitative estimate of drug-likeness (QED) is 0.711. The Morgan fingerprint density at radius 1 is 1.21 bits per heavy atom. The predicted octanol–water partition coefficient (Wildman–Crippen LogP) is 0.182. The van der Waals surface area contributed by atoms with Gasteiger partial charge < -0.3 is 4.74 Å². The molecular weight excluding hydrogens is 248 g/mol. The number of H-pyrrole nitrogens is 1. The zero-order chi connectivity index (χ0) is 13.4. The first-order valence-corrected chi connectivity index (χ1v) is 5.54. The zero-order valence-electron chi connectivity index (χ0n) is 10.0. The normalized spacial score (nSPS) is 10.8. The number of aromatic nitrogens is 4. The van der Waals surface area contributed by atoms with E-state index in [4.69, 9.17) is 4.74 Å². The molecule has 1 aromatic carbocycles. The Bertz CT molecular complexity index is 859. The summed E-state index contributed by atoms with van der Waals surface area (Å²) in [5, 5.41) is 5.95. The predicted molar refractivity (Wildman–Crippen MR) is 68.0 cm³/mol. The maximum atomic E-state index is 12.3. The minimum atomic E-state index is -0.445. The van der Waals surface area contributed by atoms with Crippen molar-refractivity contribution < 1.29 is 4.74 Å². The SMILES string of the molecule is COc1ccccc1-n1ccn2c(=O)[nH]nc2c1=O. The van der Waals surface area contributed by atoms with E-state index in [2.05, 4.69) is 10.2 Å². The molecule has 0 atom stereocenters. The molecule has 0 aliphatic rings. The van der Waals surface area contributed by atoms with Crippen molar-refractivity contribution in [3.8, 4) is 11.4 Å². The molecule has 1 N–H and O–H groups in total. The summed E-state index contributed by atoms with van der Waals surface area (Å²) in [6.07, 6.45) is 2.99. The average molecular weight is 258 g/mol. The number of methoxy groups -OCH3 is 1. The molecule has 2 aromatic heterocycles. The van der Waals surface area contributed by atoms with Gasteiger partial charge in [-0.25, -0.2) is 14.3 Å². The van der Waals surface area contributed by atoms with Gasteiger partial charge in [0.2, 0.25) is 5.65 Å². The third kappa shape index (κ3) is 1.63. The van der Waals surface area contributed by atoms with E-state index >= 15 is 0 Å². The average Bonchev–Trinajstić information content (AvgIpc) is 2.82. The number of hydrogen-bond donors (Lipinski definition) is 1. The summed E-state index contributed by atoms with van der Waals surface area (Å²) in [6.45, 7) is 0.